The Balaban J connectivity index is 0.000000164. The Labute approximate surface area is 515 Å². The normalized spacial score (nSPS) is 16.5. The van der Waals surface area contributed by atoms with Crippen LogP contribution in [-0.4, -0.2) is 141 Å². The largest absolute Gasteiger partial charge is 0.491 e. The summed E-state index contributed by atoms with van der Waals surface area (Å²) in [5, 5.41) is 17.2. The lowest BCUT2D eigenvalue weighted by Gasteiger charge is -2.43. The summed E-state index contributed by atoms with van der Waals surface area (Å²) in [6.07, 6.45) is 8.89. The van der Waals surface area contributed by atoms with E-state index >= 15 is 4.39 Å². The first kappa shape index (κ1) is 58.2. The van der Waals surface area contributed by atoms with E-state index in [1.807, 2.05) is 94.1 Å². The smallest absolute Gasteiger partial charge is 0.355 e. The van der Waals surface area contributed by atoms with Crippen LogP contribution in [-0.2, 0) is 9.59 Å². The minimum absolute atomic E-state index is 0.00576. The van der Waals surface area contributed by atoms with E-state index in [0.717, 1.165) is 49.9 Å². The number of nitrogens with zero attached hydrogens (tertiary/aromatic N) is 13. The van der Waals surface area contributed by atoms with E-state index in [9.17, 15) is 19.2 Å². The number of piperazine rings is 2. The van der Waals surface area contributed by atoms with Crippen molar-refractivity contribution in [2.45, 2.75) is 85.2 Å². The third kappa shape index (κ3) is 9.80. The van der Waals surface area contributed by atoms with Crippen molar-refractivity contribution in [1.82, 2.24) is 64.2 Å². The number of carbonyl (C=O) groups is 2. The van der Waals surface area contributed by atoms with Gasteiger partial charge in [-0.25, -0.2) is 33.1 Å². The van der Waals surface area contributed by atoms with E-state index in [0.29, 0.717) is 126 Å². The second kappa shape index (κ2) is 23.0. The first-order chi connectivity index (χ1) is 43.0. The van der Waals surface area contributed by atoms with Crippen LogP contribution < -0.4 is 30.7 Å². The number of aromatic nitrogens is 11. The molecule has 0 spiro atoms. The lowest BCUT2D eigenvalue weighted by Crippen LogP contribution is -2.56. The molecule has 0 saturated carbocycles. The standard InChI is InChI=1S/C33H33ClN8O3.C33H32FN7O3/c1-6-23(43)40-12-13-41-20(16-40)10-14-45-30-25-31(41)38-33(44)42(29-19(5)9-11-35-27(29)17(2)3)32(25)37-28(26(30)34)24-18(4)7-8-22-21(24)15-36-39-22;1-5-25(42)39-13-14-40-20(17-39)12-15-44-30-27-31(40)37-33(43)41(24-9-7-6-8-21(24)18(2)3)32(27)36-29(28(30)34)26-19(4)10-11-23-22(26)16-35-38-23/h6-9,11,15,17,20H,1,10,12-14,16H2,2-5H3,(H,36,39);5-11,16,18,20H,1,12-15,17H2,2-4H3,(H,35,38). The van der Waals surface area contributed by atoms with Gasteiger partial charge in [0.15, 0.2) is 28.6 Å². The Kier molecular flexibility index (Phi) is 15.1. The summed E-state index contributed by atoms with van der Waals surface area (Å²) >= 11 is 7.28. The molecule has 4 aliphatic heterocycles. The van der Waals surface area contributed by atoms with Crippen LogP contribution >= 0.6 is 11.6 Å². The molecule has 2 saturated heterocycles. The van der Waals surface area contributed by atoms with Crippen molar-refractivity contribution in [2.75, 3.05) is 62.3 Å². The van der Waals surface area contributed by atoms with E-state index in [1.54, 1.807) is 33.0 Å². The van der Waals surface area contributed by atoms with Gasteiger partial charge in [0.05, 0.1) is 71.5 Å². The number of benzene rings is 3. The summed E-state index contributed by atoms with van der Waals surface area (Å²) < 4.78 is 32.7. The van der Waals surface area contributed by atoms with Crippen LogP contribution in [0.5, 0.6) is 11.5 Å². The van der Waals surface area contributed by atoms with Crippen LogP contribution in [0.1, 0.15) is 80.3 Å². The zero-order chi connectivity index (χ0) is 62.3. The molecule has 21 nitrogen and oxygen atoms in total. The Bertz CT molecular complexity index is 4710. The van der Waals surface area contributed by atoms with Crippen LogP contribution in [0.3, 0.4) is 0 Å². The molecule has 23 heteroatoms. The number of hydrogen-bond acceptors (Lipinski definition) is 15. The molecule has 3 aromatic carbocycles. The Hall–Kier alpha value is -9.83. The summed E-state index contributed by atoms with van der Waals surface area (Å²) in [6.45, 7) is 24.5. The van der Waals surface area contributed by atoms with Gasteiger partial charge in [-0.1, -0.05) is 82.8 Å². The maximum Gasteiger partial charge on any atom is 0.355 e. The SMILES string of the molecule is C=CC(=O)N1CCN2c3nc(=O)n(-c4c(C)ccnc4C(C)C)c4nc(-c5c(C)ccc6[nH]ncc56)c(Cl)c(c34)OCCC2C1.C=CC(=O)N1CCN2c3nc(=O)n(-c4ccccc4C(C)C)c4nc(-c5c(C)ccc6[nH]ncc56)c(F)c(c34)OCCC2C1. The van der Waals surface area contributed by atoms with Gasteiger partial charge in [-0.05, 0) is 91.3 Å². The minimum Gasteiger partial charge on any atom is -0.491 e. The number of rotatable bonds is 8. The highest BCUT2D eigenvalue weighted by Crippen LogP contribution is 2.48. The molecule has 2 unspecified atom stereocenters. The lowest BCUT2D eigenvalue weighted by atomic mass is 9.99. The zero-order valence-corrected chi connectivity index (χ0v) is 51.2. The molecule has 4 aliphatic rings. The number of H-pyrrole nitrogens is 2. The Morgan fingerprint density at radius 3 is 1.76 bits per heavy atom. The molecule has 454 valence electrons. The predicted octanol–water partition coefficient (Wildman–Crippen LogP) is 9.98. The molecule has 0 aliphatic carbocycles. The van der Waals surface area contributed by atoms with Gasteiger partial charge in [-0.15, -0.1) is 0 Å². The monoisotopic (exact) mass is 1220 g/mol. The number of pyridine rings is 3. The molecule has 2 N–H and O–H groups in total. The zero-order valence-electron chi connectivity index (χ0n) is 50.4. The van der Waals surface area contributed by atoms with Gasteiger partial charge in [-0.2, -0.15) is 20.2 Å². The molecule has 2 atom stereocenters. The lowest BCUT2D eigenvalue weighted by molar-refractivity contribution is -0.127. The third-order valence-corrected chi connectivity index (χ3v) is 17.9. The highest BCUT2D eigenvalue weighted by atomic mass is 35.5. The summed E-state index contributed by atoms with van der Waals surface area (Å²) in [5.74, 6) is 0.376. The highest BCUT2D eigenvalue weighted by Gasteiger charge is 2.39. The number of carbonyl (C=O) groups excluding carboxylic acids is 2. The molecular weight excluding hydrogens is 1150 g/mol. The third-order valence-electron chi connectivity index (χ3n) is 17.5. The molecule has 89 heavy (non-hydrogen) atoms. The van der Waals surface area contributed by atoms with Crippen molar-refractivity contribution in [1.29, 1.82) is 0 Å². The number of aryl methyl sites for hydroxylation is 3. The fourth-order valence-electron chi connectivity index (χ4n) is 13.2. The van der Waals surface area contributed by atoms with Crippen molar-refractivity contribution in [2.24, 2.45) is 0 Å². The van der Waals surface area contributed by atoms with Crippen LogP contribution in [0.15, 0.2) is 108 Å². The number of anilines is 2. The molecule has 2 fully saturated rings. The number of amides is 2. The van der Waals surface area contributed by atoms with Gasteiger partial charge in [0, 0.05) is 80.2 Å². The number of halogens is 2. The number of ether oxygens (including phenoxy) is 2. The first-order valence-corrected chi connectivity index (χ1v) is 30.2. The second-order valence-corrected chi connectivity index (χ2v) is 23.9. The van der Waals surface area contributed by atoms with Crippen molar-refractivity contribution < 1.29 is 23.5 Å². The van der Waals surface area contributed by atoms with Crippen LogP contribution in [0.2, 0.25) is 5.02 Å². The summed E-state index contributed by atoms with van der Waals surface area (Å²) in [4.78, 5) is 85.2. The van der Waals surface area contributed by atoms with E-state index < -0.39 is 17.2 Å². The number of fused-ring (bicyclic) bond motifs is 6. The average molecular weight is 1220 g/mol. The quantitative estimate of drug-likeness (QED) is 0.135. The van der Waals surface area contributed by atoms with Gasteiger partial charge in [0.1, 0.15) is 33.1 Å². The van der Waals surface area contributed by atoms with E-state index in [-0.39, 0.29) is 59.4 Å². The fraction of sp³-hybridized carbons (Fsp3) is 0.318. The fourth-order valence-corrected chi connectivity index (χ4v) is 13.4. The number of para-hydroxylation sites is 1. The molecule has 14 rings (SSSR count). The van der Waals surface area contributed by atoms with Crippen LogP contribution in [0, 0.1) is 26.6 Å². The number of nitrogens with one attached hydrogen (secondary N) is 2. The Morgan fingerprint density at radius 1 is 0.663 bits per heavy atom. The van der Waals surface area contributed by atoms with Gasteiger partial charge < -0.3 is 29.1 Å². The van der Waals surface area contributed by atoms with Gasteiger partial charge in [-0.3, -0.25) is 24.8 Å². The van der Waals surface area contributed by atoms with Crippen LogP contribution in [0.4, 0.5) is 16.0 Å². The summed E-state index contributed by atoms with van der Waals surface area (Å²) in [7, 11) is 0. The molecule has 2 amide bonds. The maximum absolute atomic E-state index is 16.9. The predicted molar refractivity (Wildman–Crippen MR) is 342 cm³/mol. The topological polar surface area (TPSA) is 231 Å². The minimum atomic E-state index is -0.626. The van der Waals surface area contributed by atoms with Crippen molar-refractivity contribution in [3.8, 4) is 45.4 Å². The van der Waals surface area contributed by atoms with Crippen molar-refractivity contribution in [3.63, 3.8) is 0 Å². The second-order valence-electron chi connectivity index (χ2n) is 23.6. The van der Waals surface area contributed by atoms with E-state index in [4.69, 9.17) is 36.0 Å². The van der Waals surface area contributed by atoms with Gasteiger partial charge in [0.25, 0.3) is 0 Å². The first-order valence-electron chi connectivity index (χ1n) is 29.8. The maximum atomic E-state index is 16.9. The van der Waals surface area contributed by atoms with Crippen molar-refractivity contribution >= 4 is 78.9 Å². The average Bonchev–Trinajstić information content (AvgIpc) is 1.08. The van der Waals surface area contributed by atoms with Crippen molar-refractivity contribution in [3.05, 3.63) is 158 Å². The van der Waals surface area contributed by atoms with Gasteiger partial charge >= 0.3 is 11.4 Å². The molecular formula is C66H65ClFN15O6. The number of aromatic amines is 2. The molecule has 0 bridgehead atoms. The van der Waals surface area contributed by atoms with Gasteiger partial charge in [0.2, 0.25) is 11.8 Å². The highest BCUT2D eigenvalue weighted by molar-refractivity contribution is 6.36. The molecule has 7 aromatic heterocycles. The Morgan fingerprint density at radius 2 is 1.19 bits per heavy atom. The molecule has 0 radical (unpaired) electrons. The van der Waals surface area contributed by atoms with E-state index in [2.05, 4.69) is 62.3 Å². The molecule has 11 heterocycles. The molecule has 10 aromatic rings. The van der Waals surface area contributed by atoms with E-state index in [1.165, 1.54) is 16.7 Å². The van der Waals surface area contributed by atoms with Crippen LogP contribution in [0.25, 0.3) is 77.8 Å². The summed E-state index contributed by atoms with van der Waals surface area (Å²) in [6, 6.07) is 16.9. The summed E-state index contributed by atoms with van der Waals surface area (Å²) in [5.41, 5.74) is 8.68. The number of hydrogen-bond donors (Lipinski definition) is 2.